The van der Waals surface area contributed by atoms with Crippen molar-refractivity contribution >= 4 is 33.3 Å². The first-order valence-corrected chi connectivity index (χ1v) is 10.00. The molecule has 1 atom stereocenters. The average molecular weight is 439 g/mol. The molecular weight excluding hydrogens is 421 g/mol. The van der Waals surface area contributed by atoms with E-state index in [1.54, 1.807) is 0 Å². The number of carbonyl (C=O) groups excluding carboxylic acids is 2. The molecule has 0 fully saturated rings. The van der Waals surface area contributed by atoms with Crippen LogP contribution in [0.4, 0.5) is 15.8 Å². The highest BCUT2D eigenvalue weighted by Gasteiger charge is 2.27. The van der Waals surface area contributed by atoms with Crippen molar-refractivity contribution in [3.05, 3.63) is 64.0 Å². The average Bonchev–Trinajstić information content (AvgIpc) is 2.71. The van der Waals surface area contributed by atoms with Crippen LogP contribution < -0.4 is 10.6 Å². The molecule has 0 aliphatic carbocycles. The highest BCUT2D eigenvalue weighted by molar-refractivity contribution is 7.86. The fraction of sp³-hybridized carbons (Fsp3) is 0.222. The molecule has 2 aromatic carbocycles. The fourth-order valence-corrected chi connectivity index (χ4v) is 3.48. The Morgan fingerprint density at radius 1 is 1.20 bits per heavy atom. The lowest BCUT2D eigenvalue weighted by Gasteiger charge is -2.16. The predicted octanol–water partition coefficient (Wildman–Crippen LogP) is 2.22. The van der Waals surface area contributed by atoms with E-state index in [2.05, 4.69) is 10.6 Å². The number of nitro groups is 1. The quantitative estimate of drug-likeness (QED) is 0.364. The number of carbonyl (C=O) groups is 2. The van der Waals surface area contributed by atoms with E-state index < -0.39 is 38.8 Å². The van der Waals surface area contributed by atoms with Gasteiger partial charge in [-0.1, -0.05) is 6.92 Å². The molecule has 0 aliphatic heterocycles. The van der Waals surface area contributed by atoms with Crippen molar-refractivity contribution in [1.29, 1.82) is 0 Å². The van der Waals surface area contributed by atoms with Gasteiger partial charge < -0.3 is 10.6 Å². The highest BCUT2D eigenvalue weighted by Crippen LogP contribution is 2.21. The summed E-state index contributed by atoms with van der Waals surface area (Å²) in [5.74, 6) is -2.37. The van der Waals surface area contributed by atoms with E-state index in [9.17, 15) is 32.5 Å². The van der Waals surface area contributed by atoms with Crippen LogP contribution >= 0.6 is 0 Å². The molecular formula is C18H18FN3O7S. The second kappa shape index (κ2) is 9.41. The summed E-state index contributed by atoms with van der Waals surface area (Å²) in [5, 5.41) is 15.3. The predicted molar refractivity (Wildman–Crippen MR) is 104 cm³/mol. The molecule has 2 N–H and O–H groups in total. The molecule has 0 saturated heterocycles. The maximum absolute atomic E-state index is 14.0. The van der Waals surface area contributed by atoms with Gasteiger partial charge in [0.25, 0.3) is 27.6 Å². The molecule has 0 bridgehead atoms. The second-order valence-corrected chi connectivity index (χ2v) is 7.53. The molecule has 0 radical (unpaired) electrons. The van der Waals surface area contributed by atoms with Gasteiger partial charge in [-0.05, 0) is 36.8 Å². The summed E-state index contributed by atoms with van der Waals surface area (Å²) in [6, 6.07) is 7.33. The Bertz CT molecular complexity index is 1070. The van der Waals surface area contributed by atoms with Gasteiger partial charge in [0, 0.05) is 24.9 Å². The van der Waals surface area contributed by atoms with Gasteiger partial charge in [-0.25, -0.2) is 4.39 Å². The molecule has 30 heavy (non-hydrogen) atoms. The number of halogens is 1. The van der Waals surface area contributed by atoms with Crippen LogP contribution in [0.2, 0.25) is 0 Å². The molecule has 160 valence electrons. The number of nitrogens with zero attached hydrogens (tertiary/aromatic N) is 1. The van der Waals surface area contributed by atoms with Gasteiger partial charge in [0.05, 0.1) is 15.4 Å². The third kappa shape index (κ3) is 5.36. The maximum atomic E-state index is 14.0. The number of non-ortho nitro benzene ring substituents is 1. The van der Waals surface area contributed by atoms with Gasteiger partial charge >= 0.3 is 0 Å². The van der Waals surface area contributed by atoms with Gasteiger partial charge in [-0.3, -0.25) is 23.9 Å². The SMILES string of the molecule is CC[C@@H](OS(=O)(=O)c1ccc([N+](=O)[O-])cc1)C(=O)Nc1ccc(C(=O)NC)c(F)c1. The monoisotopic (exact) mass is 439 g/mol. The van der Waals surface area contributed by atoms with Crippen LogP contribution in [0.5, 0.6) is 0 Å². The molecule has 2 aromatic rings. The van der Waals surface area contributed by atoms with Crippen molar-refractivity contribution < 1.29 is 31.5 Å². The Morgan fingerprint density at radius 2 is 1.83 bits per heavy atom. The van der Waals surface area contributed by atoms with Gasteiger partial charge in [0.1, 0.15) is 5.82 Å². The van der Waals surface area contributed by atoms with E-state index in [4.69, 9.17) is 4.18 Å². The van der Waals surface area contributed by atoms with Crippen LogP contribution in [0, 0.1) is 15.9 Å². The maximum Gasteiger partial charge on any atom is 0.297 e. The standard InChI is InChI=1S/C18H18FN3O7S/c1-3-16(29-30(27,28)13-7-5-12(6-8-13)22(25)26)18(24)21-11-4-9-14(15(19)10-11)17(23)20-2/h4-10,16H,3H2,1-2H3,(H,20,23)(H,21,24)/t16-/m1/s1. The van der Waals surface area contributed by atoms with E-state index in [0.29, 0.717) is 0 Å². The van der Waals surface area contributed by atoms with E-state index in [1.807, 2.05) is 0 Å². The fourth-order valence-electron chi connectivity index (χ4n) is 2.37. The molecule has 0 spiro atoms. The lowest BCUT2D eigenvalue weighted by Crippen LogP contribution is -2.32. The summed E-state index contributed by atoms with van der Waals surface area (Å²) in [7, 11) is -3.05. The molecule has 0 saturated carbocycles. The van der Waals surface area contributed by atoms with Crippen LogP contribution in [0.15, 0.2) is 47.4 Å². The smallest absolute Gasteiger partial charge is 0.297 e. The summed E-state index contributed by atoms with van der Waals surface area (Å²) in [4.78, 5) is 33.5. The molecule has 10 nitrogen and oxygen atoms in total. The highest BCUT2D eigenvalue weighted by atomic mass is 32.2. The Hall–Kier alpha value is -3.38. The molecule has 12 heteroatoms. The zero-order valence-corrected chi connectivity index (χ0v) is 16.7. The molecule has 2 rings (SSSR count). The lowest BCUT2D eigenvalue weighted by molar-refractivity contribution is -0.384. The topological polar surface area (TPSA) is 145 Å². The van der Waals surface area contributed by atoms with Crippen LogP contribution in [-0.2, 0) is 19.1 Å². The third-order valence-corrected chi connectivity index (χ3v) is 5.29. The Morgan fingerprint density at radius 3 is 2.33 bits per heavy atom. The minimum atomic E-state index is -4.39. The van der Waals surface area contributed by atoms with Crippen molar-refractivity contribution in [2.24, 2.45) is 0 Å². The Balaban J connectivity index is 2.15. The summed E-state index contributed by atoms with van der Waals surface area (Å²) in [5.41, 5.74) is -0.527. The first-order valence-electron chi connectivity index (χ1n) is 8.59. The van der Waals surface area contributed by atoms with Crippen molar-refractivity contribution in [2.45, 2.75) is 24.3 Å². The van der Waals surface area contributed by atoms with E-state index in [1.165, 1.54) is 26.1 Å². The van der Waals surface area contributed by atoms with Crippen molar-refractivity contribution in [1.82, 2.24) is 5.32 Å². The minimum Gasteiger partial charge on any atom is -0.355 e. The summed E-state index contributed by atoms with van der Waals surface area (Å²) in [6.07, 6.45) is -1.47. The number of nitrogens with one attached hydrogen (secondary N) is 2. The van der Waals surface area contributed by atoms with Crippen molar-refractivity contribution in [3.8, 4) is 0 Å². The molecule has 0 aliphatic rings. The summed E-state index contributed by atoms with van der Waals surface area (Å²) >= 11 is 0. The van der Waals surface area contributed by atoms with Crippen molar-refractivity contribution in [3.63, 3.8) is 0 Å². The molecule has 0 aromatic heterocycles. The largest absolute Gasteiger partial charge is 0.355 e. The van der Waals surface area contributed by atoms with Gasteiger partial charge in [0.15, 0.2) is 6.10 Å². The zero-order valence-electron chi connectivity index (χ0n) is 15.9. The number of rotatable bonds is 8. The third-order valence-electron chi connectivity index (χ3n) is 3.95. The number of hydrogen-bond donors (Lipinski definition) is 2. The lowest BCUT2D eigenvalue weighted by atomic mass is 10.1. The molecule has 0 unspecified atom stereocenters. The summed E-state index contributed by atoms with van der Waals surface area (Å²) < 4.78 is 43.7. The number of hydrogen-bond acceptors (Lipinski definition) is 7. The number of benzene rings is 2. The molecule has 2 amide bonds. The Labute approximate surface area is 171 Å². The van der Waals surface area contributed by atoms with Crippen LogP contribution in [-0.4, -0.2) is 38.3 Å². The first-order chi connectivity index (χ1) is 14.1. The van der Waals surface area contributed by atoms with E-state index in [-0.39, 0.29) is 28.3 Å². The van der Waals surface area contributed by atoms with Crippen LogP contribution in [0.3, 0.4) is 0 Å². The van der Waals surface area contributed by atoms with Crippen molar-refractivity contribution in [2.75, 3.05) is 12.4 Å². The number of amides is 2. The molecule has 0 heterocycles. The summed E-state index contributed by atoms with van der Waals surface area (Å²) in [6.45, 7) is 1.50. The van der Waals surface area contributed by atoms with Crippen LogP contribution in [0.25, 0.3) is 0 Å². The van der Waals surface area contributed by atoms with E-state index in [0.717, 1.165) is 30.3 Å². The Kier molecular flexibility index (Phi) is 7.19. The second-order valence-electron chi connectivity index (χ2n) is 5.96. The first kappa shape index (κ1) is 22.9. The zero-order chi connectivity index (χ0) is 22.5. The number of anilines is 1. The minimum absolute atomic E-state index is 0.0000584. The number of nitro benzene ring substituents is 1. The van der Waals surface area contributed by atoms with Gasteiger partial charge in [-0.15, -0.1) is 0 Å². The van der Waals surface area contributed by atoms with Gasteiger partial charge in [-0.2, -0.15) is 8.42 Å². The van der Waals surface area contributed by atoms with E-state index >= 15 is 0 Å². The van der Waals surface area contributed by atoms with Gasteiger partial charge in [0.2, 0.25) is 0 Å². The normalized spacial score (nSPS) is 12.1. The van der Waals surface area contributed by atoms with Crippen LogP contribution in [0.1, 0.15) is 23.7 Å².